The van der Waals surface area contributed by atoms with E-state index in [1.807, 2.05) is 0 Å². The van der Waals surface area contributed by atoms with Crippen molar-refractivity contribution in [2.24, 2.45) is 4.99 Å². The average molecular weight is 272 g/mol. The number of rotatable bonds is 2. The largest absolute Gasteiger partial charge is 0.460 e. The van der Waals surface area contributed by atoms with Crippen molar-refractivity contribution in [2.75, 3.05) is 11.9 Å². The number of aliphatic imine (C=N–C) groups is 1. The van der Waals surface area contributed by atoms with Crippen LogP contribution in [0.3, 0.4) is 0 Å². The second-order valence-electron chi connectivity index (χ2n) is 3.88. The lowest BCUT2D eigenvalue weighted by Crippen LogP contribution is -2.28. The van der Waals surface area contributed by atoms with Gasteiger partial charge in [0, 0.05) is 5.69 Å². The highest BCUT2D eigenvalue weighted by Crippen LogP contribution is 2.32. The highest BCUT2D eigenvalue weighted by molar-refractivity contribution is 6.40. The van der Waals surface area contributed by atoms with E-state index in [1.165, 1.54) is 6.07 Å². The van der Waals surface area contributed by atoms with Crippen molar-refractivity contribution >= 4 is 17.5 Å². The van der Waals surface area contributed by atoms with Gasteiger partial charge in [-0.15, -0.1) is 0 Å². The van der Waals surface area contributed by atoms with E-state index in [-0.39, 0.29) is 19.0 Å². The van der Waals surface area contributed by atoms with Crippen LogP contribution in [0.1, 0.15) is 18.1 Å². The van der Waals surface area contributed by atoms with Gasteiger partial charge in [0.25, 0.3) is 0 Å². The van der Waals surface area contributed by atoms with E-state index < -0.39 is 17.7 Å². The minimum atomic E-state index is -4.39. The van der Waals surface area contributed by atoms with Gasteiger partial charge in [-0.2, -0.15) is 13.2 Å². The number of benzene rings is 1. The van der Waals surface area contributed by atoms with Crippen molar-refractivity contribution < 1.29 is 22.7 Å². The third-order valence-electron chi connectivity index (χ3n) is 2.56. The Morgan fingerprint density at radius 3 is 2.84 bits per heavy atom. The molecular weight excluding hydrogens is 261 g/mol. The SMILES string of the molecule is CCOC(=O)C1=NCc2cc(C(F)(F)F)ccc2N1. The lowest BCUT2D eigenvalue weighted by Gasteiger charge is -2.18. The van der Waals surface area contributed by atoms with E-state index in [4.69, 9.17) is 4.74 Å². The second-order valence-corrected chi connectivity index (χ2v) is 3.88. The second kappa shape index (κ2) is 4.91. The maximum atomic E-state index is 12.5. The molecule has 0 atom stereocenters. The maximum absolute atomic E-state index is 12.5. The fourth-order valence-corrected chi connectivity index (χ4v) is 1.67. The summed E-state index contributed by atoms with van der Waals surface area (Å²) in [5.74, 6) is -0.609. The summed E-state index contributed by atoms with van der Waals surface area (Å²) in [5.41, 5.74) is 0.0942. The van der Waals surface area contributed by atoms with Gasteiger partial charge in [-0.25, -0.2) is 4.79 Å². The third-order valence-corrected chi connectivity index (χ3v) is 2.56. The summed E-state index contributed by atoms with van der Waals surface area (Å²) in [6.07, 6.45) is -4.39. The molecule has 0 aliphatic carbocycles. The van der Waals surface area contributed by atoms with Crippen LogP contribution in [0.4, 0.5) is 18.9 Å². The zero-order valence-corrected chi connectivity index (χ0v) is 10.0. The number of carbonyl (C=O) groups is 1. The number of amidine groups is 1. The summed E-state index contributed by atoms with van der Waals surface area (Å²) in [6.45, 7) is 1.88. The summed E-state index contributed by atoms with van der Waals surface area (Å²) in [7, 11) is 0. The molecule has 0 spiro atoms. The van der Waals surface area contributed by atoms with Crippen molar-refractivity contribution in [3.63, 3.8) is 0 Å². The molecule has 1 aromatic carbocycles. The van der Waals surface area contributed by atoms with Gasteiger partial charge in [0.2, 0.25) is 5.84 Å². The van der Waals surface area contributed by atoms with Crippen LogP contribution in [0.2, 0.25) is 0 Å². The lowest BCUT2D eigenvalue weighted by atomic mass is 10.1. The topological polar surface area (TPSA) is 50.7 Å². The van der Waals surface area contributed by atoms with Gasteiger partial charge in [0.05, 0.1) is 18.7 Å². The summed E-state index contributed by atoms with van der Waals surface area (Å²) in [4.78, 5) is 15.3. The van der Waals surface area contributed by atoms with Gasteiger partial charge in [-0.1, -0.05) is 0 Å². The van der Waals surface area contributed by atoms with E-state index in [2.05, 4.69) is 10.3 Å². The molecular formula is C12H11F3N2O2. The van der Waals surface area contributed by atoms with Crippen LogP contribution in [0, 0.1) is 0 Å². The summed E-state index contributed by atoms with van der Waals surface area (Å²) in [6, 6.07) is 3.26. The van der Waals surface area contributed by atoms with Gasteiger partial charge < -0.3 is 10.1 Å². The van der Waals surface area contributed by atoms with Gasteiger partial charge in [0.1, 0.15) is 0 Å². The van der Waals surface area contributed by atoms with Gasteiger partial charge in [0.15, 0.2) is 0 Å². The Morgan fingerprint density at radius 1 is 1.47 bits per heavy atom. The van der Waals surface area contributed by atoms with Crippen LogP contribution in [0.25, 0.3) is 0 Å². The van der Waals surface area contributed by atoms with E-state index in [9.17, 15) is 18.0 Å². The molecule has 0 fully saturated rings. The summed E-state index contributed by atoms with van der Waals surface area (Å²) in [5, 5.41) is 2.67. The molecule has 0 unspecified atom stereocenters. The van der Waals surface area contributed by atoms with Crippen molar-refractivity contribution in [3.05, 3.63) is 29.3 Å². The number of fused-ring (bicyclic) bond motifs is 1. The van der Waals surface area contributed by atoms with Crippen LogP contribution in [0.5, 0.6) is 0 Å². The zero-order chi connectivity index (χ0) is 14.0. The Kier molecular flexibility index (Phi) is 3.46. The molecule has 1 aliphatic rings. The van der Waals surface area contributed by atoms with Crippen molar-refractivity contribution in [3.8, 4) is 0 Å². The first kappa shape index (κ1) is 13.4. The molecule has 0 saturated heterocycles. The van der Waals surface area contributed by atoms with Crippen LogP contribution in [-0.2, 0) is 22.3 Å². The van der Waals surface area contributed by atoms with E-state index >= 15 is 0 Å². The molecule has 1 N–H and O–H groups in total. The number of hydrogen-bond donors (Lipinski definition) is 1. The first-order chi connectivity index (χ1) is 8.91. The van der Waals surface area contributed by atoms with Crippen molar-refractivity contribution in [1.82, 2.24) is 0 Å². The highest BCUT2D eigenvalue weighted by atomic mass is 19.4. The number of nitrogens with one attached hydrogen (secondary N) is 1. The first-order valence-electron chi connectivity index (χ1n) is 5.60. The summed E-state index contributed by atoms with van der Waals surface area (Å²) >= 11 is 0. The van der Waals surface area contributed by atoms with Gasteiger partial charge in [-0.3, -0.25) is 4.99 Å². The maximum Gasteiger partial charge on any atom is 0.416 e. The molecule has 0 radical (unpaired) electrons. The van der Waals surface area contributed by atoms with Crippen molar-refractivity contribution in [1.29, 1.82) is 0 Å². The quantitative estimate of drug-likeness (QED) is 0.842. The van der Waals surface area contributed by atoms with Gasteiger partial charge in [-0.05, 0) is 30.7 Å². The molecule has 0 bridgehead atoms. The third kappa shape index (κ3) is 2.86. The molecule has 19 heavy (non-hydrogen) atoms. The first-order valence-corrected chi connectivity index (χ1v) is 5.60. The number of nitrogens with zero attached hydrogens (tertiary/aromatic N) is 1. The molecule has 4 nitrogen and oxygen atoms in total. The normalized spacial score (nSPS) is 14.2. The van der Waals surface area contributed by atoms with Crippen molar-refractivity contribution in [2.45, 2.75) is 19.6 Å². The summed E-state index contributed by atoms with van der Waals surface area (Å²) < 4.78 is 42.4. The predicted molar refractivity (Wildman–Crippen MR) is 62.8 cm³/mol. The number of esters is 1. The Bertz CT molecular complexity index is 538. The smallest absolute Gasteiger partial charge is 0.416 e. The van der Waals surface area contributed by atoms with Gasteiger partial charge >= 0.3 is 12.1 Å². The number of hydrogen-bond acceptors (Lipinski definition) is 4. The number of carbonyl (C=O) groups excluding carboxylic acids is 1. The van der Waals surface area contributed by atoms with E-state index in [1.54, 1.807) is 6.92 Å². The molecule has 0 amide bonds. The fraction of sp³-hybridized carbons (Fsp3) is 0.333. The van der Waals surface area contributed by atoms with E-state index in [0.717, 1.165) is 12.1 Å². The van der Waals surface area contributed by atoms with Crippen LogP contribution in [-0.4, -0.2) is 18.4 Å². The Balaban J connectivity index is 2.22. The molecule has 0 aromatic heterocycles. The molecule has 1 aromatic rings. The van der Waals surface area contributed by atoms with Crippen LogP contribution >= 0.6 is 0 Å². The Hall–Kier alpha value is -2.05. The highest BCUT2D eigenvalue weighted by Gasteiger charge is 2.31. The molecule has 7 heteroatoms. The molecule has 1 heterocycles. The molecule has 2 rings (SSSR count). The monoisotopic (exact) mass is 272 g/mol. The fourth-order valence-electron chi connectivity index (χ4n) is 1.67. The minimum Gasteiger partial charge on any atom is -0.460 e. The Morgan fingerprint density at radius 2 is 2.21 bits per heavy atom. The number of ether oxygens (including phenoxy) is 1. The zero-order valence-electron chi connectivity index (χ0n) is 10.0. The minimum absolute atomic E-state index is 0.00843. The van der Waals surface area contributed by atoms with Crippen LogP contribution in [0.15, 0.2) is 23.2 Å². The average Bonchev–Trinajstić information content (AvgIpc) is 2.36. The molecule has 1 aliphatic heterocycles. The standard InChI is InChI=1S/C12H11F3N2O2/c1-2-19-11(18)10-16-6-7-5-8(12(13,14)15)3-4-9(7)17-10/h3-5H,2,6H2,1H3,(H,16,17). The number of alkyl halides is 3. The number of anilines is 1. The Labute approximate surface area is 107 Å². The van der Waals surface area contributed by atoms with E-state index in [0.29, 0.717) is 11.3 Å². The lowest BCUT2D eigenvalue weighted by molar-refractivity contribution is -0.138. The predicted octanol–water partition coefficient (Wildman–Crippen LogP) is 2.59. The van der Waals surface area contributed by atoms with Crippen LogP contribution < -0.4 is 5.32 Å². The number of halogens is 3. The molecule has 0 saturated carbocycles. The molecule has 102 valence electrons.